The predicted molar refractivity (Wildman–Crippen MR) is 110 cm³/mol. The van der Waals surface area contributed by atoms with E-state index in [1.807, 2.05) is 20.8 Å². The molecule has 1 aromatic rings. The fraction of sp³-hybridized carbons (Fsp3) is 0.524. The van der Waals surface area contributed by atoms with Crippen LogP contribution in [0.3, 0.4) is 0 Å². The first-order valence-corrected chi connectivity index (χ1v) is 10.1. The van der Waals surface area contributed by atoms with Crippen LogP contribution in [0.1, 0.15) is 45.7 Å². The molecule has 8 nitrogen and oxygen atoms in total. The molecule has 1 atom stereocenters. The topological polar surface area (TPSA) is 103 Å². The van der Waals surface area contributed by atoms with Crippen LogP contribution in [0, 0.1) is 5.41 Å². The molecule has 0 aromatic heterocycles. The molecule has 1 unspecified atom stereocenters. The summed E-state index contributed by atoms with van der Waals surface area (Å²) in [6.07, 6.45) is -6.51. The minimum atomic E-state index is -4.92. The highest BCUT2D eigenvalue weighted by Gasteiger charge is 2.49. The Hall–Kier alpha value is -2.34. The molecule has 0 spiro atoms. The molecule has 2 N–H and O–H groups in total. The average molecular weight is 496 g/mol. The molecule has 1 aliphatic heterocycles. The number of esters is 2. The zero-order valence-corrected chi connectivity index (χ0v) is 19.4. The number of alkyl halides is 3. The minimum Gasteiger partial charge on any atom is -0.475 e. The molecule has 0 saturated carbocycles. The minimum absolute atomic E-state index is 0.0751. The lowest BCUT2D eigenvalue weighted by Crippen LogP contribution is -2.41. The zero-order chi connectivity index (χ0) is 25.2. The molecule has 33 heavy (non-hydrogen) atoms. The summed E-state index contributed by atoms with van der Waals surface area (Å²) in [6, 6.07) is 2.83. The Labute approximate surface area is 193 Å². The highest BCUT2D eigenvalue weighted by molar-refractivity contribution is 6.31. The molecule has 2 rings (SSSR count). The Bertz CT molecular complexity index is 939. The van der Waals surface area contributed by atoms with Crippen molar-refractivity contribution in [3.05, 3.63) is 33.9 Å². The maximum atomic E-state index is 13.7. The molecular formula is C21H25ClF3NO7. The van der Waals surface area contributed by atoms with Crippen molar-refractivity contribution < 1.29 is 47.0 Å². The monoisotopic (exact) mass is 495 g/mol. The summed E-state index contributed by atoms with van der Waals surface area (Å²) in [5.74, 6) is -2.33. The number of carbonyl (C=O) groups excluding carboxylic acids is 2. The molecule has 0 bridgehead atoms. The molecule has 1 aliphatic rings. The lowest BCUT2D eigenvalue weighted by atomic mass is 9.85. The van der Waals surface area contributed by atoms with Gasteiger partial charge in [0.25, 0.3) is 0 Å². The largest absolute Gasteiger partial charge is 0.475 e. The Morgan fingerprint density at radius 3 is 2.33 bits per heavy atom. The van der Waals surface area contributed by atoms with Gasteiger partial charge in [0.2, 0.25) is 12.9 Å². The number of hydrogen-bond acceptors (Lipinski definition) is 8. The predicted octanol–water partition coefficient (Wildman–Crippen LogP) is 4.32. The first-order chi connectivity index (χ1) is 15.1. The van der Waals surface area contributed by atoms with Crippen LogP contribution in [0.5, 0.6) is 5.75 Å². The molecule has 1 heterocycles. The average Bonchev–Trinajstić information content (AvgIpc) is 2.69. The Morgan fingerprint density at radius 1 is 1.15 bits per heavy atom. The molecule has 0 saturated heterocycles. The smallest absolute Gasteiger partial charge is 0.430 e. The van der Waals surface area contributed by atoms with E-state index in [1.165, 1.54) is 31.6 Å². The van der Waals surface area contributed by atoms with E-state index in [2.05, 4.69) is 4.84 Å². The van der Waals surface area contributed by atoms with Gasteiger partial charge in [-0.05, 0) is 43.0 Å². The van der Waals surface area contributed by atoms with Crippen LogP contribution >= 0.6 is 11.6 Å². The Balaban J connectivity index is 2.23. The van der Waals surface area contributed by atoms with Gasteiger partial charge in [-0.3, -0.25) is 14.8 Å². The molecule has 0 amide bonds. The number of fused-ring (bicyclic) bond motifs is 1. The van der Waals surface area contributed by atoms with Crippen LogP contribution < -0.4 is 10.4 Å². The van der Waals surface area contributed by atoms with E-state index < -0.39 is 47.4 Å². The SMILES string of the molecule is CC(C)(CONO)C(=O)OCOC(=O)C1=Cc2cc(Cl)c(C(C)(C)C)cc2OC1C(F)(F)F. The Morgan fingerprint density at radius 2 is 1.79 bits per heavy atom. The van der Waals surface area contributed by atoms with Crippen LogP contribution in [-0.2, 0) is 29.3 Å². The first kappa shape index (κ1) is 26.9. The van der Waals surface area contributed by atoms with Gasteiger partial charge in [0.05, 0.1) is 17.6 Å². The third-order valence-electron chi connectivity index (χ3n) is 4.71. The van der Waals surface area contributed by atoms with Gasteiger partial charge in [-0.15, -0.1) is 0 Å². The highest BCUT2D eigenvalue weighted by atomic mass is 35.5. The lowest BCUT2D eigenvalue weighted by Gasteiger charge is -2.30. The summed E-state index contributed by atoms with van der Waals surface area (Å²) in [5.41, 5.74) is -0.360. The molecule has 0 aliphatic carbocycles. The second-order valence-corrected chi connectivity index (χ2v) is 9.41. The van der Waals surface area contributed by atoms with E-state index in [1.54, 1.807) is 0 Å². The fourth-order valence-electron chi connectivity index (χ4n) is 2.89. The van der Waals surface area contributed by atoms with Crippen molar-refractivity contribution in [2.24, 2.45) is 5.41 Å². The number of carbonyl (C=O) groups is 2. The highest BCUT2D eigenvalue weighted by Crippen LogP contribution is 2.42. The van der Waals surface area contributed by atoms with E-state index in [-0.39, 0.29) is 17.9 Å². The normalized spacial score (nSPS) is 16.4. The van der Waals surface area contributed by atoms with Crippen LogP contribution in [-0.4, -0.2) is 42.8 Å². The van der Waals surface area contributed by atoms with Gasteiger partial charge in [-0.2, -0.15) is 13.2 Å². The number of rotatable bonds is 7. The summed E-state index contributed by atoms with van der Waals surface area (Å²) in [5, 5.41) is 8.73. The van der Waals surface area contributed by atoms with E-state index >= 15 is 0 Å². The summed E-state index contributed by atoms with van der Waals surface area (Å²) < 4.78 is 55.6. The molecule has 0 radical (unpaired) electrons. The maximum absolute atomic E-state index is 13.7. The number of halogens is 4. The van der Waals surface area contributed by atoms with Gasteiger partial charge >= 0.3 is 18.1 Å². The maximum Gasteiger partial charge on any atom is 0.430 e. The van der Waals surface area contributed by atoms with E-state index in [0.717, 1.165) is 6.08 Å². The molecule has 1 aromatic carbocycles. The quantitative estimate of drug-likeness (QED) is 0.327. The summed E-state index contributed by atoms with van der Waals surface area (Å²) in [4.78, 5) is 28.9. The van der Waals surface area contributed by atoms with Crippen molar-refractivity contribution in [1.82, 2.24) is 5.64 Å². The van der Waals surface area contributed by atoms with Crippen LogP contribution in [0.4, 0.5) is 13.2 Å². The van der Waals surface area contributed by atoms with Crippen LogP contribution in [0.15, 0.2) is 17.7 Å². The zero-order valence-electron chi connectivity index (χ0n) is 18.6. The van der Waals surface area contributed by atoms with E-state index in [9.17, 15) is 22.8 Å². The van der Waals surface area contributed by atoms with Gasteiger partial charge in [0, 0.05) is 10.6 Å². The van der Waals surface area contributed by atoms with E-state index in [4.69, 9.17) is 31.0 Å². The van der Waals surface area contributed by atoms with Crippen molar-refractivity contribution in [1.29, 1.82) is 0 Å². The first-order valence-electron chi connectivity index (χ1n) is 9.72. The van der Waals surface area contributed by atoms with Gasteiger partial charge in [-0.25, -0.2) is 4.79 Å². The van der Waals surface area contributed by atoms with Crippen molar-refractivity contribution in [3.8, 4) is 5.75 Å². The molecule has 12 heteroatoms. The fourth-order valence-corrected chi connectivity index (χ4v) is 3.34. The second-order valence-electron chi connectivity index (χ2n) is 9.00. The standard InChI is InChI=1S/C21H25ClF3NO7/c1-19(2,3)13-8-15-11(7-14(13)22)6-12(16(33-15)21(23,24)25)17(27)30-10-31-18(28)20(4,5)9-32-26-29/h6-8,16,26,29H,9-10H2,1-5H3. The lowest BCUT2D eigenvalue weighted by molar-refractivity contribution is -0.193. The molecule has 184 valence electrons. The number of hydrogen-bond donors (Lipinski definition) is 2. The van der Waals surface area contributed by atoms with Crippen LogP contribution in [0.25, 0.3) is 6.08 Å². The number of benzene rings is 1. The summed E-state index contributed by atoms with van der Waals surface area (Å²) in [6.45, 7) is 7.14. The van der Waals surface area contributed by atoms with Crippen molar-refractivity contribution in [2.75, 3.05) is 13.4 Å². The van der Waals surface area contributed by atoms with Gasteiger partial charge < -0.3 is 14.2 Å². The van der Waals surface area contributed by atoms with Gasteiger partial charge in [-0.1, -0.05) is 38.0 Å². The number of nitrogens with one attached hydrogen (secondary N) is 1. The summed E-state index contributed by atoms with van der Waals surface area (Å²) in [7, 11) is 0. The number of ether oxygens (including phenoxy) is 3. The van der Waals surface area contributed by atoms with Gasteiger partial charge in [0.1, 0.15) is 5.75 Å². The molecular weight excluding hydrogens is 471 g/mol. The van der Waals surface area contributed by atoms with Crippen molar-refractivity contribution >= 4 is 29.6 Å². The van der Waals surface area contributed by atoms with Crippen molar-refractivity contribution in [3.63, 3.8) is 0 Å². The van der Waals surface area contributed by atoms with Crippen LogP contribution in [0.2, 0.25) is 5.02 Å². The van der Waals surface area contributed by atoms with Crippen molar-refractivity contribution in [2.45, 2.75) is 52.3 Å². The molecule has 0 fully saturated rings. The van der Waals surface area contributed by atoms with E-state index in [0.29, 0.717) is 10.6 Å². The summed E-state index contributed by atoms with van der Waals surface area (Å²) >= 11 is 6.29. The third kappa shape index (κ3) is 6.59. The third-order valence-corrected chi connectivity index (χ3v) is 5.02. The Kier molecular flexibility index (Phi) is 8.06. The van der Waals surface area contributed by atoms with Gasteiger partial charge in [0.15, 0.2) is 0 Å². The second kappa shape index (κ2) is 9.88.